The summed E-state index contributed by atoms with van der Waals surface area (Å²) in [5.41, 5.74) is 5.36. The van der Waals surface area contributed by atoms with Crippen LogP contribution in [0.2, 0.25) is 0 Å². The van der Waals surface area contributed by atoms with Crippen LogP contribution < -0.4 is 10.1 Å². The molecule has 2 heterocycles. The van der Waals surface area contributed by atoms with Gasteiger partial charge in [0.25, 0.3) is 0 Å². The Labute approximate surface area is 181 Å². The quantitative estimate of drug-likeness (QED) is 0.435. The highest BCUT2D eigenvalue weighted by molar-refractivity contribution is 5.96. The molecule has 0 saturated heterocycles. The van der Waals surface area contributed by atoms with Gasteiger partial charge in [-0.2, -0.15) is 5.26 Å². The van der Waals surface area contributed by atoms with Crippen LogP contribution in [-0.4, -0.2) is 35.6 Å². The molecule has 1 aliphatic rings. The van der Waals surface area contributed by atoms with Gasteiger partial charge in [-0.25, -0.2) is 0 Å². The van der Waals surface area contributed by atoms with Crippen molar-refractivity contribution in [1.29, 1.82) is 5.26 Å². The molecular formula is C25H23N3O3. The zero-order chi connectivity index (χ0) is 21.6. The number of pyridine rings is 1. The minimum absolute atomic E-state index is 0.0722. The second kappa shape index (κ2) is 9.52. The third kappa shape index (κ3) is 4.64. The lowest BCUT2D eigenvalue weighted by Crippen LogP contribution is -2.17. The van der Waals surface area contributed by atoms with E-state index in [4.69, 9.17) is 9.84 Å². The number of aliphatic hydroxyl groups is 1. The minimum Gasteiger partial charge on any atom is -0.493 e. The first-order valence-electron chi connectivity index (χ1n) is 10.3. The number of carbonyl (C=O) groups excluding carboxylic acids is 1. The predicted octanol–water partition coefficient (Wildman–Crippen LogP) is 3.06. The number of nitrogens with zero attached hydrogens (tertiary/aromatic N) is 2. The summed E-state index contributed by atoms with van der Waals surface area (Å²) >= 11 is 0. The largest absolute Gasteiger partial charge is 0.493 e. The number of ether oxygens (including phenoxy) is 1. The molecule has 0 bridgehead atoms. The molecule has 31 heavy (non-hydrogen) atoms. The molecular weight excluding hydrogens is 390 g/mol. The lowest BCUT2D eigenvalue weighted by atomic mass is 9.92. The summed E-state index contributed by atoms with van der Waals surface area (Å²) in [5.74, 6) is 0.724. The van der Waals surface area contributed by atoms with E-state index in [2.05, 4.69) is 16.4 Å². The van der Waals surface area contributed by atoms with Gasteiger partial charge >= 0.3 is 0 Å². The van der Waals surface area contributed by atoms with Crippen LogP contribution in [0.4, 0.5) is 0 Å². The van der Waals surface area contributed by atoms with Crippen LogP contribution in [0.1, 0.15) is 32.7 Å². The molecule has 2 N–H and O–H groups in total. The monoisotopic (exact) mass is 413 g/mol. The lowest BCUT2D eigenvalue weighted by molar-refractivity contribution is 0.0988. The number of carbonyl (C=O) groups is 1. The number of aromatic nitrogens is 1. The van der Waals surface area contributed by atoms with Crippen LogP contribution in [-0.2, 0) is 19.4 Å². The van der Waals surface area contributed by atoms with E-state index in [1.807, 2.05) is 42.5 Å². The number of aliphatic hydroxyl groups excluding tert-OH is 1. The van der Waals surface area contributed by atoms with Gasteiger partial charge in [0.05, 0.1) is 18.8 Å². The fourth-order valence-corrected chi connectivity index (χ4v) is 3.72. The maximum absolute atomic E-state index is 12.8. The van der Waals surface area contributed by atoms with Crippen LogP contribution in [0.15, 0.2) is 54.7 Å². The molecule has 0 spiro atoms. The van der Waals surface area contributed by atoms with Gasteiger partial charge in [-0.1, -0.05) is 36.4 Å². The van der Waals surface area contributed by atoms with Gasteiger partial charge in [-0.15, -0.1) is 0 Å². The molecule has 0 unspecified atom stereocenters. The average molecular weight is 413 g/mol. The Hall–Kier alpha value is -3.53. The third-order valence-electron chi connectivity index (χ3n) is 5.35. The molecule has 0 amide bonds. The van der Waals surface area contributed by atoms with Gasteiger partial charge in [0.15, 0.2) is 5.78 Å². The van der Waals surface area contributed by atoms with Crippen molar-refractivity contribution in [2.45, 2.75) is 19.4 Å². The first-order valence-corrected chi connectivity index (χ1v) is 10.3. The van der Waals surface area contributed by atoms with Crippen molar-refractivity contribution in [2.24, 2.45) is 0 Å². The predicted molar refractivity (Wildman–Crippen MR) is 117 cm³/mol. The number of hydrogen-bond donors (Lipinski definition) is 2. The maximum Gasteiger partial charge on any atom is 0.185 e. The highest BCUT2D eigenvalue weighted by atomic mass is 16.5. The summed E-state index contributed by atoms with van der Waals surface area (Å²) in [5, 5.41) is 21.7. The number of Topliss-reactive ketones (excluding diaryl/α,β-unsaturated/α-hetero) is 1. The van der Waals surface area contributed by atoms with E-state index in [0.717, 1.165) is 28.9 Å². The van der Waals surface area contributed by atoms with Crippen LogP contribution in [0.3, 0.4) is 0 Å². The van der Waals surface area contributed by atoms with E-state index < -0.39 is 0 Å². The van der Waals surface area contributed by atoms with E-state index in [1.54, 1.807) is 12.3 Å². The Balaban J connectivity index is 1.54. The van der Waals surface area contributed by atoms with E-state index in [9.17, 15) is 10.1 Å². The number of ketones is 1. The van der Waals surface area contributed by atoms with Crippen molar-refractivity contribution < 1.29 is 14.6 Å². The Kier molecular flexibility index (Phi) is 6.37. The standard InChI is InChI=1S/C25H23N3O3/c26-14-22-19(12-24(30)23-7-4-17(16-28-23)15-27-9-10-29)2-1-3-21(22)20-6-5-18-8-11-31-25(18)13-20/h1-7,13,16,27,29H,8-12,15H2. The Morgan fingerprint density at radius 1 is 1.23 bits per heavy atom. The van der Waals surface area contributed by atoms with Gasteiger partial charge in [-0.3, -0.25) is 9.78 Å². The first-order chi connectivity index (χ1) is 15.2. The molecule has 0 fully saturated rings. The SMILES string of the molecule is N#Cc1c(CC(=O)c2ccc(CNCCO)cn2)cccc1-c1ccc2c(c1)OCC2. The zero-order valence-electron chi connectivity index (χ0n) is 17.1. The normalized spacial score (nSPS) is 12.1. The summed E-state index contributed by atoms with van der Waals surface area (Å²) in [7, 11) is 0. The second-order valence-electron chi connectivity index (χ2n) is 7.42. The lowest BCUT2D eigenvalue weighted by Gasteiger charge is -2.11. The van der Waals surface area contributed by atoms with Crippen LogP contribution in [0, 0.1) is 11.3 Å². The van der Waals surface area contributed by atoms with Gasteiger partial charge in [-0.05, 0) is 39.9 Å². The van der Waals surface area contributed by atoms with E-state index in [-0.39, 0.29) is 18.8 Å². The summed E-state index contributed by atoms with van der Waals surface area (Å²) in [6, 6.07) is 17.4. The van der Waals surface area contributed by atoms with Gasteiger partial charge in [0, 0.05) is 32.1 Å². The van der Waals surface area contributed by atoms with Gasteiger partial charge in [0.2, 0.25) is 0 Å². The number of rotatable bonds is 8. The van der Waals surface area contributed by atoms with Crippen LogP contribution >= 0.6 is 0 Å². The van der Waals surface area contributed by atoms with Gasteiger partial charge in [0.1, 0.15) is 17.5 Å². The summed E-state index contributed by atoms with van der Waals surface area (Å²) < 4.78 is 5.67. The van der Waals surface area contributed by atoms with Crippen molar-refractivity contribution >= 4 is 5.78 Å². The fourth-order valence-electron chi connectivity index (χ4n) is 3.72. The molecule has 4 rings (SSSR count). The van der Waals surface area contributed by atoms with Crippen molar-refractivity contribution in [1.82, 2.24) is 10.3 Å². The summed E-state index contributed by atoms with van der Waals surface area (Å²) in [4.78, 5) is 17.1. The summed E-state index contributed by atoms with van der Waals surface area (Å²) in [6.45, 7) is 1.84. The molecule has 2 aromatic carbocycles. The Morgan fingerprint density at radius 3 is 2.90 bits per heavy atom. The summed E-state index contributed by atoms with van der Waals surface area (Å²) in [6.07, 6.45) is 2.66. The number of benzene rings is 2. The number of hydrogen-bond acceptors (Lipinski definition) is 6. The molecule has 1 aliphatic heterocycles. The van der Waals surface area contributed by atoms with Crippen molar-refractivity contribution in [3.05, 3.63) is 82.7 Å². The second-order valence-corrected chi connectivity index (χ2v) is 7.42. The first kappa shape index (κ1) is 20.7. The molecule has 0 radical (unpaired) electrons. The molecule has 156 valence electrons. The van der Waals surface area contributed by atoms with E-state index >= 15 is 0 Å². The highest BCUT2D eigenvalue weighted by Gasteiger charge is 2.17. The maximum atomic E-state index is 12.8. The highest BCUT2D eigenvalue weighted by Crippen LogP contribution is 2.33. The van der Waals surface area contributed by atoms with Crippen LogP contribution in [0.5, 0.6) is 5.75 Å². The Bertz CT molecular complexity index is 1130. The van der Waals surface area contributed by atoms with Crippen molar-refractivity contribution in [3.63, 3.8) is 0 Å². The van der Waals surface area contributed by atoms with Crippen molar-refractivity contribution in [3.8, 4) is 22.9 Å². The van der Waals surface area contributed by atoms with E-state index in [1.165, 1.54) is 5.56 Å². The molecule has 1 aromatic heterocycles. The smallest absolute Gasteiger partial charge is 0.185 e. The molecule has 0 atom stereocenters. The molecule has 6 nitrogen and oxygen atoms in total. The average Bonchev–Trinajstić information content (AvgIpc) is 3.27. The topological polar surface area (TPSA) is 95.2 Å². The van der Waals surface area contributed by atoms with Crippen LogP contribution in [0.25, 0.3) is 11.1 Å². The zero-order valence-corrected chi connectivity index (χ0v) is 17.1. The van der Waals surface area contributed by atoms with E-state index in [0.29, 0.717) is 36.5 Å². The molecule has 0 aliphatic carbocycles. The van der Waals surface area contributed by atoms with Gasteiger partial charge < -0.3 is 15.2 Å². The Morgan fingerprint density at radius 2 is 2.13 bits per heavy atom. The molecule has 0 saturated carbocycles. The number of fused-ring (bicyclic) bond motifs is 1. The van der Waals surface area contributed by atoms with Crippen molar-refractivity contribution in [2.75, 3.05) is 19.8 Å². The minimum atomic E-state index is -0.138. The molecule has 3 aromatic rings. The third-order valence-corrected chi connectivity index (χ3v) is 5.35. The number of nitriles is 1. The fraction of sp³-hybridized carbons (Fsp3) is 0.240. The number of nitrogens with one attached hydrogen (secondary N) is 1. The molecule has 6 heteroatoms.